The fraction of sp³-hybridized carbons (Fsp3) is 0.938. The Morgan fingerprint density at radius 1 is 1.43 bits per heavy atom. The van der Waals surface area contributed by atoms with Gasteiger partial charge in [0.15, 0.2) is 0 Å². The molecule has 1 aliphatic rings. The van der Waals surface area contributed by atoms with Crippen molar-refractivity contribution < 1.29 is 9.53 Å². The number of nitrogens with two attached hydrogens (primary N) is 1. The third-order valence-corrected chi connectivity index (χ3v) is 3.98. The number of rotatable bonds is 6. The molecule has 5 nitrogen and oxygen atoms in total. The molecule has 124 valence electrons. The van der Waals surface area contributed by atoms with Crippen molar-refractivity contribution in [3.63, 3.8) is 0 Å². The van der Waals surface area contributed by atoms with E-state index in [-0.39, 0.29) is 6.09 Å². The zero-order valence-electron chi connectivity index (χ0n) is 14.3. The van der Waals surface area contributed by atoms with Crippen molar-refractivity contribution >= 4 is 6.09 Å². The second-order valence-electron chi connectivity index (χ2n) is 7.41. The van der Waals surface area contributed by atoms with Crippen LogP contribution < -0.4 is 11.1 Å². The molecule has 3 N–H and O–H groups in total. The van der Waals surface area contributed by atoms with Gasteiger partial charge in [-0.3, -0.25) is 0 Å². The van der Waals surface area contributed by atoms with Crippen LogP contribution in [0.1, 0.15) is 47.0 Å². The highest BCUT2D eigenvalue weighted by Crippen LogP contribution is 2.24. The number of hydrogen-bond donors (Lipinski definition) is 2. The first-order valence-electron chi connectivity index (χ1n) is 8.10. The lowest BCUT2D eigenvalue weighted by molar-refractivity contribution is 0.0276. The third kappa shape index (κ3) is 6.66. The van der Waals surface area contributed by atoms with E-state index in [2.05, 4.69) is 12.2 Å². The van der Waals surface area contributed by atoms with Crippen molar-refractivity contribution in [2.24, 2.45) is 17.6 Å². The Bertz CT molecular complexity index is 328. The molecule has 3 atom stereocenters. The Hall–Kier alpha value is -0.810. The Kier molecular flexibility index (Phi) is 6.94. The molecule has 0 spiro atoms. The van der Waals surface area contributed by atoms with Crippen molar-refractivity contribution in [3.8, 4) is 0 Å². The number of carbonyl (C=O) groups is 1. The number of carbonyl (C=O) groups excluding carboxylic acids is 1. The van der Waals surface area contributed by atoms with Gasteiger partial charge < -0.3 is 20.7 Å². The molecule has 0 radical (unpaired) electrons. The quantitative estimate of drug-likeness (QED) is 0.789. The van der Waals surface area contributed by atoms with Crippen molar-refractivity contribution in [1.82, 2.24) is 10.2 Å². The van der Waals surface area contributed by atoms with Crippen LogP contribution in [-0.4, -0.2) is 49.3 Å². The predicted molar refractivity (Wildman–Crippen MR) is 86.2 cm³/mol. The summed E-state index contributed by atoms with van der Waals surface area (Å²) in [5, 5.41) is 3.62. The lowest BCUT2D eigenvalue weighted by atomic mass is 10.0. The average Bonchev–Trinajstić information content (AvgIpc) is 2.81. The third-order valence-electron chi connectivity index (χ3n) is 3.98. The molecule has 0 aliphatic heterocycles. The van der Waals surface area contributed by atoms with E-state index >= 15 is 0 Å². The Morgan fingerprint density at radius 3 is 2.67 bits per heavy atom. The highest BCUT2D eigenvalue weighted by Gasteiger charge is 2.26. The van der Waals surface area contributed by atoms with Gasteiger partial charge in [-0.05, 0) is 58.5 Å². The van der Waals surface area contributed by atoms with Crippen LogP contribution in [0.15, 0.2) is 0 Å². The minimum Gasteiger partial charge on any atom is -0.444 e. The average molecular weight is 299 g/mol. The van der Waals surface area contributed by atoms with E-state index in [1.54, 1.807) is 11.9 Å². The van der Waals surface area contributed by atoms with Crippen LogP contribution in [-0.2, 0) is 4.74 Å². The zero-order chi connectivity index (χ0) is 16.0. The van der Waals surface area contributed by atoms with Gasteiger partial charge in [0, 0.05) is 19.6 Å². The van der Waals surface area contributed by atoms with Crippen LogP contribution in [0, 0.1) is 11.8 Å². The summed E-state index contributed by atoms with van der Waals surface area (Å²) in [6.07, 6.45) is 3.47. The first kappa shape index (κ1) is 18.2. The van der Waals surface area contributed by atoms with E-state index in [1.807, 2.05) is 20.8 Å². The summed E-state index contributed by atoms with van der Waals surface area (Å²) in [6.45, 7) is 10.2. The van der Waals surface area contributed by atoms with Gasteiger partial charge in [0.2, 0.25) is 0 Å². The minimum atomic E-state index is -0.439. The normalized spacial score (nSPS) is 23.9. The van der Waals surface area contributed by atoms with E-state index < -0.39 is 5.60 Å². The maximum atomic E-state index is 11.9. The highest BCUT2D eigenvalue weighted by atomic mass is 16.6. The Balaban J connectivity index is 2.29. The minimum absolute atomic E-state index is 0.255. The number of ether oxygens (including phenoxy) is 1. The second-order valence-corrected chi connectivity index (χ2v) is 7.41. The predicted octanol–water partition coefficient (Wildman–Crippen LogP) is 2.21. The van der Waals surface area contributed by atoms with Crippen molar-refractivity contribution in [1.29, 1.82) is 0 Å². The molecule has 3 unspecified atom stereocenters. The summed E-state index contributed by atoms with van der Waals surface area (Å²) >= 11 is 0. The maximum absolute atomic E-state index is 11.9. The molecule has 5 heteroatoms. The Labute approximate surface area is 129 Å². The van der Waals surface area contributed by atoms with Crippen LogP contribution in [0.3, 0.4) is 0 Å². The zero-order valence-corrected chi connectivity index (χ0v) is 14.3. The summed E-state index contributed by atoms with van der Waals surface area (Å²) in [7, 11) is 1.79. The van der Waals surface area contributed by atoms with Crippen molar-refractivity contribution in [2.75, 3.05) is 26.7 Å². The van der Waals surface area contributed by atoms with Crippen LogP contribution in [0.5, 0.6) is 0 Å². The summed E-state index contributed by atoms with van der Waals surface area (Å²) in [4.78, 5) is 13.6. The number of amides is 1. The molecule has 0 heterocycles. The van der Waals surface area contributed by atoms with Crippen molar-refractivity contribution in [3.05, 3.63) is 0 Å². The number of nitrogens with zero attached hydrogens (tertiary/aromatic N) is 1. The van der Waals surface area contributed by atoms with Crippen LogP contribution in [0.25, 0.3) is 0 Å². The topological polar surface area (TPSA) is 67.6 Å². The molecule has 0 aromatic rings. The molecule has 1 aliphatic carbocycles. The van der Waals surface area contributed by atoms with Crippen LogP contribution >= 0.6 is 0 Å². The number of hydrogen-bond acceptors (Lipinski definition) is 4. The molecule has 1 rings (SSSR count). The summed E-state index contributed by atoms with van der Waals surface area (Å²) < 4.78 is 5.36. The van der Waals surface area contributed by atoms with Gasteiger partial charge in [0.1, 0.15) is 5.60 Å². The van der Waals surface area contributed by atoms with Gasteiger partial charge in [0.05, 0.1) is 0 Å². The van der Waals surface area contributed by atoms with Crippen LogP contribution in [0.4, 0.5) is 4.79 Å². The number of nitrogens with one attached hydrogen (secondary N) is 1. The molecule has 21 heavy (non-hydrogen) atoms. The first-order chi connectivity index (χ1) is 9.73. The first-order valence-corrected chi connectivity index (χ1v) is 8.10. The summed E-state index contributed by atoms with van der Waals surface area (Å²) in [5.41, 5.74) is 5.36. The van der Waals surface area contributed by atoms with E-state index in [1.165, 1.54) is 19.3 Å². The molecule has 1 amide bonds. The van der Waals surface area contributed by atoms with Gasteiger partial charge in [-0.15, -0.1) is 0 Å². The van der Waals surface area contributed by atoms with Gasteiger partial charge in [-0.1, -0.05) is 13.3 Å². The van der Waals surface area contributed by atoms with Crippen LogP contribution in [0.2, 0.25) is 0 Å². The molecule has 0 aromatic carbocycles. The Morgan fingerprint density at radius 2 is 2.10 bits per heavy atom. The van der Waals surface area contributed by atoms with Gasteiger partial charge in [-0.25, -0.2) is 4.79 Å². The largest absolute Gasteiger partial charge is 0.444 e. The summed E-state index contributed by atoms with van der Waals surface area (Å²) in [6, 6.07) is 0.546. The lowest BCUT2D eigenvalue weighted by Crippen LogP contribution is -2.42. The van der Waals surface area contributed by atoms with Gasteiger partial charge in [0.25, 0.3) is 0 Å². The molecule has 1 fully saturated rings. The van der Waals surface area contributed by atoms with Gasteiger partial charge in [-0.2, -0.15) is 0 Å². The van der Waals surface area contributed by atoms with E-state index in [0.717, 1.165) is 13.1 Å². The fourth-order valence-corrected chi connectivity index (χ4v) is 2.89. The molecule has 1 saturated carbocycles. The molecular formula is C16H33N3O2. The SMILES string of the molecule is CC(CNC1CCCC1CN)CN(C)C(=O)OC(C)(C)C. The molecule has 0 saturated heterocycles. The van der Waals surface area contributed by atoms with E-state index in [0.29, 0.717) is 24.4 Å². The van der Waals surface area contributed by atoms with E-state index in [9.17, 15) is 4.79 Å². The standard InChI is InChI=1S/C16H33N3O2/c1-12(10-18-14-8-6-7-13(14)9-17)11-19(5)15(20)21-16(2,3)4/h12-14,18H,6-11,17H2,1-5H3. The fourth-order valence-electron chi connectivity index (χ4n) is 2.89. The summed E-state index contributed by atoms with van der Waals surface area (Å²) in [5.74, 6) is 1.00. The maximum Gasteiger partial charge on any atom is 0.410 e. The second kappa shape index (κ2) is 7.99. The molecule has 0 aromatic heterocycles. The molecule has 0 bridgehead atoms. The monoisotopic (exact) mass is 299 g/mol. The lowest BCUT2D eigenvalue weighted by Gasteiger charge is -2.27. The molecular weight excluding hydrogens is 266 g/mol. The smallest absolute Gasteiger partial charge is 0.410 e. The highest BCUT2D eigenvalue weighted by molar-refractivity contribution is 5.67. The van der Waals surface area contributed by atoms with E-state index in [4.69, 9.17) is 10.5 Å². The van der Waals surface area contributed by atoms with Crippen molar-refractivity contribution in [2.45, 2.75) is 58.6 Å². The van der Waals surface area contributed by atoms with Gasteiger partial charge >= 0.3 is 6.09 Å².